The fourth-order valence-corrected chi connectivity index (χ4v) is 1.23. The maximum Gasteiger partial charge on any atom is 0.405 e. The molecule has 0 unspecified atom stereocenters. The molecule has 1 aromatic carbocycles. The summed E-state index contributed by atoms with van der Waals surface area (Å²) in [7, 11) is 0. The molecule has 0 bridgehead atoms. The average molecular weight is 326 g/mol. The molecule has 0 saturated carbocycles. The van der Waals surface area contributed by atoms with Gasteiger partial charge in [0.15, 0.2) is 6.61 Å². The van der Waals surface area contributed by atoms with Gasteiger partial charge in [-0.25, -0.2) is 0 Å². The van der Waals surface area contributed by atoms with Gasteiger partial charge in [-0.2, -0.15) is 22.0 Å². The van der Waals surface area contributed by atoms with Gasteiger partial charge in [0.1, 0.15) is 12.3 Å². The van der Waals surface area contributed by atoms with Gasteiger partial charge in [0, 0.05) is 5.56 Å². The largest absolute Gasteiger partial charge is 0.434 e. The predicted octanol–water partition coefficient (Wildman–Crippen LogP) is 2.32. The Labute approximate surface area is 121 Å². The van der Waals surface area contributed by atoms with Crippen molar-refractivity contribution in [3.8, 4) is 5.75 Å². The van der Waals surface area contributed by atoms with Gasteiger partial charge in [0.05, 0.1) is 6.21 Å². The van der Waals surface area contributed by atoms with Crippen molar-refractivity contribution in [2.45, 2.75) is 12.8 Å². The van der Waals surface area contributed by atoms with Gasteiger partial charge in [0.2, 0.25) is 0 Å². The van der Waals surface area contributed by atoms with Crippen LogP contribution in [-0.4, -0.2) is 38.1 Å². The predicted molar refractivity (Wildman–Crippen MR) is 65.7 cm³/mol. The Morgan fingerprint density at radius 3 is 2.64 bits per heavy atom. The third-order valence-electron chi connectivity index (χ3n) is 2.08. The average Bonchev–Trinajstić information content (AvgIpc) is 2.41. The van der Waals surface area contributed by atoms with Crippen molar-refractivity contribution in [3.05, 3.63) is 29.8 Å². The van der Waals surface area contributed by atoms with Crippen LogP contribution in [0.2, 0.25) is 0 Å². The summed E-state index contributed by atoms with van der Waals surface area (Å²) >= 11 is 0. The molecule has 0 aliphatic rings. The SMILES string of the molecule is O=C(CON=Cc1ccccc1OC(F)F)NCC(F)(F)F. The van der Waals surface area contributed by atoms with E-state index in [2.05, 4.69) is 14.7 Å². The van der Waals surface area contributed by atoms with Gasteiger partial charge in [-0.3, -0.25) is 4.79 Å². The second kappa shape index (κ2) is 8.15. The summed E-state index contributed by atoms with van der Waals surface area (Å²) in [6, 6.07) is 5.65. The number of benzene rings is 1. The number of alkyl halides is 5. The number of nitrogens with zero attached hydrogens (tertiary/aromatic N) is 1. The molecule has 0 saturated heterocycles. The number of oxime groups is 1. The van der Waals surface area contributed by atoms with E-state index in [1.165, 1.54) is 24.3 Å². The molecule has 5 nitrogen and oxygen atoms in total. The highest BCUT2D eigenvalue weighted by Crippen LogP contribution is 2.18. The van der Waals surface area contributed by atoms with Crippen LogP contribution in [0.3, 0.4) is 0 Å². The Morgan fingerprint density at radius 1 is 1.32 bits per heavy atom. The summed E-state index contributed by atoms with van der Waals surface area (Å²) in [4.78, 5) is 15.5. The minimum absolute atomic E-state index is 0.151. The summed E-state index contributed by atoms with van der Waals surface area (Å²) in [5, 5.41) is 4.87. The van der Waals surface area contributed by atoms with Crippen LogP contribution in [0.4, 0.5) is 22.0 Å². The van der Waals surface area contributed by atoms with Gasteiger partial charge < -0.3 is 14.9 Å². The number of nitrogens with one attached hydrogen (secondary N) is 1. The van der Waals surface area contributed by atoms with Gasteiger partial charge in [-0.05, 0) is 12.1 Å². The quantitative estimate of drug-likeness (QED) is 0.475. The van der Waals surface area contributed by atoms with E-state index in [-0.39, 0.29) is 11.3 Å². The van der Waals surface area contributed by atoms with Crippen LogP contribution in [-0.2, 0) is 9.63 Å². The molecule has 0 fully saturated rings. The lowest BCUT2D eigenvalue weighted by Crippen LogP contribution is -2.35. The number of carbonyl (C=O) groups is 1. The molecule has 0 aliphatic heterocycles. The lowest BCUT2D eigenvalue weighted by atomic mass is 10.2. The fourth-order valence-electron chi connectivity index (χ4n) is 1.23. The van der Waals surface area contributed by atoms with Gasteiger partial charge in [-0.15, -0.1) is 0 Å². The zero-order valence-electron chi connectivity index (χ0n) is 10.9. The maximum atomic E-state index is 12.1. The molecule has 22 heavy (non-hydrogen) atoms. The smallest absolute Gasteiger partial charge is 0.405 e. The first-order valence-electron chi connectivity index (χ1n) is 5.80. The first-order valence-corrected chi connectivity index (χ1v) is 5.80. The molecule has 0 radical (unpaired) electrons. The molecular weight excluding hydrogens is 315 g/mol. The molecule has 0 spiro atoms. The monoisotopic (exact) mass is 326 g/mol. The molecule has 10 heteroatoms. The molecule has 0 aromatic heterocycles. The molecule has 0 heterocycles. The lowest BCUT2D eigenvalue weighted by Gasteiger charge is -2.08. The van der Waals surface area contributed by atoms with Crippen molar-refractivity contribution < 1.29 is 36.3 Å². The van der Waals surface area contributed by atoms with E-state index in [0.29, 0.717) is 0 Å². The Hall–Kier alpha value is -2.39. The molecule has 1 N–H and O–H groups in total. The van der Waals surface area contributed by atoms with Crippen LogP contribution in [0.1, 0.15) is 5.56 Å². The van der Waals surface area contributed by atoms with Gasteiger partial charge in [0.25, 0.3) is 5.91 Å². The van der Waals surface area contributed by atoms with E-state index in [9.17, 15) is 26.7 Å². The van der Waals surface area contributed by atoms with Crippen LogP contribution >= 0.6 is 0 Å². The number of ether oxygens (including phenoxy) is 1. The third kappa shape index (κ3) is 7.41. The highest BCUT2D eigenvalue weighted by molar-refractivity contribution is 5.83. The van der Waals surface area contributed by atoms with E-state index in [1.54, 1.807) is 5.32 Å². The standard InChI is InChI=1S/C12H11F5N2O3/c13-11(14)22-9-4-2-1-3-8(9)5-19-21-6-10(20)18-7-12(15,16)17/h1-5,11H,6-7H2,(H,18,20). The molecule has 0 aliphatic carbocycles. The molecule has 1 rings (SSSR count). The summed E-state index contributed by atoms with van der Waals surface area (Å²) in [6.07, 6.45) is -3.53. The molecule has 1 amide bonds. The first-order chi connectivity index (χ1) is 10.3. The second-order valence-electron chi connectivity index (χ2n) is 3.82. The van der Waals surface area contributed by atoms with E-state index in [4.69, 9.17) is 0 Å². The highest BCUT2D eigenvalue weighted by atomic mass is 19.4. The Bertz CT molecular complexity index is 520. The Kier molecular flexibility index (Phi) is 6.54. The van der Waals surface area contributed by atoms with E-state index >= 15 is 0 Å². The van der Waals surface area contributed by atoms with Gasteiger partial charge >= 0.3 is 12.8 Å². The number of carbonyl (C=O) groups excluding carboxylic acids is 1. The Morgan fingerprint density at radius 2 is 2.00 bits per heavy atom. The van der Waals surface area contributed by atoms with Crippen LogP contribution in [0.5, 0.6) is 5.75 Å². The van der Waals surface area contributed by atoms with Crippen molar-refractivity contribution in [2.75, 3.05) is 13.2 Å². The minimum Gasteiger partial charge on any atom is -0.434 e. The maximum absolute atomic E-state index is 12.1. The van der Waals surface area contributed by atoms with Crippen LogP contribution in [0.15, 0.2) is 29.4 Å². The van der Waals surface area contributed by atoms with Crippen LogP contribution < -0.4 is 10.1 Å². The topological polar surface area (TPSA) is 59.9 Å². The fraction of sp³-hybridized carbons (Fsp3) is 0.333. The van der Waals surface area contributed by atoms with Crippen molar-refractivity contribution in [3.63, 3.8) is 0 Å². The Balaban J connectivity index is 2.45. The van der Waals surface area contributed by atoms with E-state index in [1.807, 2.05) is 0 Å². The zero-order chi connectivity index (χ0) is 16.6. The first kappa shape index (κ1) is 17.7. The highest BCUT2D eigenvalue weighted by Gasteiger charge is 2.27. The molecule has 0 atom stereocenters. The van der Waals surface area contributed by atoms with Crippen molar-refractivity contribution in [1.82, 2.24) is 5.32 Å². The normalized spacial score (nSPS) is 11.7. The number of amides is 1. The summed E-state index contributed by atoms with van der Waals surface area (Å²) in [6.45, 7) is -5.25. The number of rotatable bonds is 7. The van der Waals surface area contributed by atoms with Crippen LogP contribution in [0, 0.1) is 0 Å². The van der Waals surface area contributed by atoms with Crippen LogP contribution in [0.25, 0.3) is 0 Å². The number of para-hydroxylation sites is 1. The van der Waals surface area contributed by atoms with Crippen molar-refractivity contribution in [2.24, 2.45) is 5.16 Å². The summed E-state index contributed by atoms with van der Waals surface area (Å²) in [5.41, 5.74) is 0.151. The van der Waals surface area contributed by atoms with Crippen molar-refractivity contribution >= 4 is 12.1 Å². The minimum atomic E-state index is -4.52. The number of hydrogen-bond donors (Lipinski definition) is 1. The van der Waals surface area contributed by atoms with E-state index < -0.39 is 31.8 Å². The van der Waals surface area contributed by atoms with Crippen molar-refractivity contribution in [1.29, 1.82) is 0 Å². The third-order valence-corrected chi connectivity index (χ3v) is 2.08. The summed E-state index contributed by atoms with van der Waals surface area (Å²) < 4.78 is 63.9. The second-order valence-corrected chi connectivity index (χ2v) is 3.82. The number of hydrogen-bond acceptors (Lipinski definition) is 4. The number of halogens is 5. The molecule has 1 aromatic rings. The lowest BCUT2D eigenvalue weighted by molar-refractivity contribution is -0.141. The van der Waals surface area contributed by atoms with E-state index in [0.717, 1.165) is 6.21 Å². The zero-order valence-corrected chi connectivity index (χ0v) is 10.9. The molecule has 122 valence electrons. The van der Waals surface area contributed by atoms with Gasteiger partial charge in [-0.1, -0.05) is 17.3 Å². The summed E-state index contributed by atoms with van der Waals surface area (Å²) in [5.74, 6) is -1.18. The molecular formula is C12H11F5N2O3.